The highest BCUT2D eigenvalue weighted by Gasteiger charge is 2.48. The molecule has 1 N–H and O–H groups in total. The molecular formula is C21H24N4O2. The van der Waals surface area contributed by atoms with Gasteiger partial charge in [0.15, 0.2) is 0 Å². The van der Waals surface area contributed by atoms with Crippen LogP contribution < -0.4 is 10.2 Å². The first-order chi connectivity index (χ1) is 13.0. The molecule has 6 heteroatoms. The van der Waals surface area contributed by atoms with Gasteiger partial charge in [-0.15, -0.1) is 0 Å². The molecule has 140 valence electrons. The number of rotatable bonds is 3. The van der Waals surface area contributed by atoms with Crippen LogP contribution in [0.1, 0.15) is 24.0 Å². The van der Waals surface area contributed by atoms with E-state index in [0.29, 0.717) is 32.6 Å². The molecule has 2 fully saturated rings. The SMILES string of the molecule is Cc1cccc(N2C[C@@]3(CCN(C(=O)NCc4cccnc4)C3)CC2=O)c1. The van der Waals surface area contributed by atoms with Gasteiger partial charge in [0.25, 0.3) is 0 Å². The van der Waals surface area contributed by atoms with Gasteiger partial charge in [-0.2, -0.15) is 0 Å². The summed E-state index contributed by atoms with van der Waals surface area (Å²) in [7, 11) is 0. The lowest BCUT2D eigenvalue weighted by atomic mass is 9.86. The molecule has 0 radical (unpaired) electrons. The Balaban J connectivity index is 1.38. The van der Waals surface area contributed by atoms with Crippen molar-refractivity contribution in [3.63, 3.8) is 0 Å². The van der Waals surface area contributed by atoms with Gasteiger partial charge in [0.05, 0.1) is 0 Å². The summed E-state index contributed by atoms with van der Waals surface area (Å²) < 4.78 is 0. The van der Waals surface area contributed by atoms with E-state index in [1.54, 1.807) is 12.4 Å². The van der Waals surface area contributed by atoms with Crippen LogP contribution in [0.25, 0.3) is 0 Å². The molecule has 3 amide bonds. The van der Waals surface area contributed by atoms with E-state index in [2.05, 4.69) is 10.3 Å². The van der Waals surface area contributed by atoms with Crippen molar-refractivity contribution in [3.8, 4) is 0 Å². The standard InChI is InChI=1S/C21H24N4O2/c1-16-4-2-6-18(10-16)25-15-21(11-19(25)26)7-9-24(14-21)20(27)23-13-17-5-3-8-22-12-17/h2-6,8,10,12H,7,9,11,13-15H2,1H3,(H,23,27)/t21-/m0/s1. The number of likely N-dealkylation sites (tertiary alicyclic amines) is 1. The van der Waals surface area contributed by atoms with Gasteiger partial charge < -0.3 is 15.1 Å². The maximum atomic E-state index is 12.6. The molecule has 4 rings (SSSR count). The Labute approximate surface area is 159 Å². The summed E-state index contributed by atoms with van der Waals surface area (Å²) in [5.74, 6) is 0.151. The van der Waals surface area contributed by atoms with E-state index in [1.807, 2.05) is 53.1 Å². The molecule has 0 unspecified atom stereocenters. The monoisotopic (exact) mass is 364 g/mol. The van der Waals surface area contributed by atoms with Crippen LogP contribution in [-0.4, -0.2) is 41.5 Å². The van der Waals surface area contributed by atoms with Crippen LogP contribution in [0.2, 0.25) is 0 Å². The topological polar surface area (TPSA) is 65.5 Å². The molecule has 3 heterocycles. The zero-order chi connectivity index (χ0) is 18.9. The predicted molar refractivity (Wildman–Crippen MR) is 103 cm³/mol. The van der Waals surface area contributed by atoms with Crippen molar-refractivity contribution >= 4 is 17.6 Å². The number of anilines is 1. The third kappa shape index (κ3) is 3.65. The summed E-state index contributed by atoms with van der Waals surface area (Å²) >= 11 is 0. The Kier molecular flexibility index (Phi) is 4.56. The average Bonchev–Trinajstić information content (AvgIpc) is 3.23. The maximum absolute atomic E-state index is 12.6. The number of urea groups is 1. The van der Waals surface area contributed by atoms with Crippen LogP contribution in [0, 0.1) is 12.3 Å². The second-order valence-corrected chi connectivity index (χ2v) is 7.69. The highest BCUT2D eigenvalue weighted by atomic mass is 16.2. The highest BCUT2D eigenvalue weighted by Crippen LogP contribution is 2.41. The number of hydrogen-bond acceptors (Lipinski definition) is 3. The van der Waals surface area contributed by atoms with E-state index in [0.717, 1.165) is 23.2 Å². The van der Waals surface area contributed by atoms with Crippen molar-refractivity contribution in [2.45, 2.75) is 26.3 Å². The van der Waals surface area contributed by atoms with Gasteiger partial charge >= 0.3 is 6.03 Å². The van der Waals surface area contributed by atoms with Gasteiger partial charge in [-0.25, -0.2) is 4.79 Å². The van der Waals surface area contributed by atoms with Gasteiger partial charge in [0, 0.05) is 56.1 Å². The summed E-state index contributed by atoms with van der Waals surface area (Å²) in [5, 5.41) is 2.96. The van der Waals surface area contributed by atoms with E-state index in [9.17, 15) is 9.59 Å². The summed E-state index contributed by atoms with van der Waals surface area (Å²) in [4.78, 5) is 32.9. The molecule has 1 aromatic carbocycles. The first kappa shape index (κ1) is 17.5. The van der Waals surface area contributed by atoms with Gasteiger partial charge in [0.1, 0.15) is 0 Å². The Morgan fingerprint density at radius 2 is 2.15 bits per heavy atom. The number of pyridine rings is 1. The van der Waals surface area contributed by atoms with E-state index in [4.69, 9.17) is 0 Å². The fourth-order valence-corrected chi connectivity index (χ4v) is 4.10. The lowest BCUT2D eigenvalue weighted by molar-refractivity contribution is -0.117. The Bertz CT molecular complexity index is 854. The molecule has 0 bridgehead atoms. The number of carbonyl (C=O) groups excluding carboxylic acids is 2. The first-order valence-electron chi connectivity index (χ1n) is 9.33. The number of benzene rings is 1. The number of nitrogens with zero attached hydrogens (tertiary/aromatic N) is 3. The zero-order valence-electron chi connectivity index (χ0n) is 15.5. The predicted octanol–water partition coefficient (Wildman–Crippen LogP) is 2.73. The molecule has 1 spiro atoms. The minimum atomic E-state index is -0.132. The number of hydrogen-bond donors (Lipinski definition) is 1. The molecular weight excluding hydrogens is 340 g/mol. The average molecular weight is 364 g/mol. The molecule has 6 nitrogen and oxygen atoms in total. The smallest absolute Gasteiger partial charge is 0.317 e. The number of nitrogens with one attached hydrogen (secondary N) is 1. The molecule has 1 aromatic heterocycles. The lowest BCUT2D eigenvalue weighted by Crippen LogP contribution is -2.40. The highest BCUT2D eigenvalue weighted by molar-refractivity contribution is 5.96. The molecule has 2 aromatic rings. The van der Waals surface area contributed by atoms with Crippen molar-refractivity contribution in [2.75, 3.05) is 24.5 Å². The maximum Gasteiger partial charge on any atom is 0.317 e. The quantitative estimate of drug-likeness (QED) is 0.911. The summed E-state index contributed by atoms with van der Waals surface area (Å²) in [6.07, 6.45) is 4.84. The number of carbonyl (C=O) groups is 2. The fraction of sp³-hybridized carbons (Fsp3) is 0.381. The van der Waals surface area contributed by atoms with E-state index in [-0.39, 0.29) is 17.4 Å². The van der Waals surface area contributed by atoms with Crippen molar-refractivity contribution in [3.05, 3.63) is 59.9 Å². The molecule has 0 aliphatic carbocycles. The van der Waals surface area contributed by atoms with Crippen LogP contribution in [0.15, 0.2) is 48.8 Å². The Morgan fingerprint density at radius 3 is 2.93 bits per heavy atom. The van der Waals surface area contributed by atoms with Gasteiger partial charge in [-0.1, -0.05) is 18.2 Å². The summed E-state index contributed by atoms with van der Waals surface area (Å²) in [6, 6.07) is 11.8. The van der Waals surface area contributed by atoms with E-state index in [1.165, 1.54) is 0 Å². The summed E-state index contributed by atoms with van der Waals surface area (Å²) in [6.45, 7) is 4.49. The van der Waals surface area contributed by atoms with Gasteiger partial charge in [-0.3, -0.25) is 9.78 Å². The van der Waals surface area contributed by atoms with Gasteiger partial charge in [-0.05, 0) is 42.7 Å². The normalized spacial score (nSPS) is 21.9. The van der Waals surface area contributed by atoms with E-state index < -0.39 is 0 Å². The van der Waals surface area contributed by atoms with Crippen molar-refractivity contribution < 1.29 is 9.59 Å². The Morgan fingerprint density at radius 1 is 1.26 bits per heavy atom. The Hall–Kier alpha value is -2.89. The molecule has 2 aliphatic rings. The third-order valence-corrected chi connectivity index (χ3v) is 5.53. The van der Waals surface area contributed by atoms with Crippen molar-refractivity contribution in [2.24, 2.45) is 5.41 Å². The molecule has 0 saturated carbocycles. The minimum Gasteiger partial charge on any atom is -0.334 e. The lowest BCUT2D eigenvalue weighted by Gasteiger charge is -2.24. The van der Waals surface area contributed by atoms with Crippen LogP contribution >= 0.6 is 0 Å². The fourth-order valence-electron chi connectivity index (χ4n) is 4.10. The van der Waals surface area contributed by atoms with E-state index >= 15 is 0 Å². The zero-order valence-corrected chi connectivity index (χ0v) is 15.5. The van der Waals surface area contributed by atoms with Crippen LogP contribution in [0.5, 0.6) is 0 Å². The molecule has 2 aliphatic heterocycles. The number of amides is 3. The van der Waals surface area contributed by atoms with Crippen molar-refractivity contribution in [1.29, 1.82) is 0 Å². The molecule has 1 atom stereocenters. The minimum absolute atomic E-state index is 0.0721. The van der Waals surface area contributed by atoms with Crippen LogP contribution in [-0.2, 0) is 11.3 Å². The number of aryl methyl sites for hydroxylation is 1. The largest absolute Gasteiger partial charge is 0.334 e. The van der Waals surface area contributed by atoms with Gasteiger partial charge in [0.2, 0.25) is 5.91 Å². The first-order valence-corrected chi connectivity index (χ1v) is 9.33. The molecule has 27 heavy (non-hydrogen) atoms. The third-order valence-electron chi connectivity index (χ3n) is 5.53. The summed E-state index contributed by atoms with van der Waals surface area (Å²) in [5.41, 5.74) is 2.94. The molecule has 2 saturated heterocycles. The van der Waals surface area contributed by atoms with Crippen LogP contribution in [0.3, 0.4) is 0 Å². The van der Waals surface area contributed by atoms with Crippen molar-refractivity contribution in [1.82, 2.24) is 15.2 Å². The van der Waals surface area contributed by atoms with Crippen LogP contribution in [0.4, 0.5) is 10.5 Å². The number of aromatic nitrogens is 1. The second kappa shape index (κ2) is 7.02. The second-order valence-electron chi connectivity index (χ2n) is 7.69.